The summed E-state index contributed by atoms with van der Waals surface area (Å²) in [6.07, 6.45) is 3.80. The van der Waals surface area contributed by atoms with Gasteiger partial charge >= 0.3 is 0 Å². The fourth-order valence-corrected chi connectivity index (χ4v) is 2.58. The Kier molecular flexibility index (Phi) is 3.94. The molecule has 0 unspecified atom stereocenters. The minimum atomic E-state index is -0.560. The van der Waals surface area contributed by atoms with Crippen LogP contribution < -0.4 is 0 Å². The van der Waals surface area contributed by atoms with Gasteiger partial charge in [0, 0.05) is 17.4 Å². The van der Waals surface area contributed by atoms with Gasteiger partial charge in [-0.3, -0.25) is 0 Å². The standard InChI is InChI=1S/C13H13F2NS/c1-2-3-13-16-12(6-7-17-13)10-5-4-9(14)8-11(10)15/h4-6,8H,2-3,7H2,1H3. The fourth-order valence-electron chi connectivity index (χ4n) is 1.64. The first-order chi connectivity index (χ1) is 8.20. The highest BCUT2D eigenvalue weighted by atomic mass is 32.2. The van der Waals surface area contributed by atoms with E-state index in [1.165, 1.54) is 12.1 Å². The Morgan fingerprint density at radius 2 is 2.18 bits per heavy atom. The molecule has 1 aliphatic rings. The lowest BCUT2D eigenvalue weighted by Crippen LogP contribution is -2.01. The van der Waals surface area contributed by atoms with Crippen LogP contribution in [0.4, 0.5) is 8.78 Å². The molecule has 1 nitrogen and oxygen atoms in total. The molecule has 4 heteroatoms. The Labute approximate surface area is 104 Å². The molecule has 0 radical (unpaired) electrons. The smallest absolute Gasteiger partial charge is 0.135 e. The predicted molar refractivity (Wildman–Crippen MR) is 69.1 cm³/mol. The maximum atomic E-state index is 13.6. The average molecular weight is 253 g/mol. The summed E-state index contributed by atoms with van der Waals surface area (Å²) in [6, 6.07) is 3.60. The van der Waals surface area contributed by atoms with Crippen LogP contribution in [0.5, 0.6) is 0 Å². The third-order valence-corrected chi connectivity index (χ3v) is 3.40. The number of halogens is 2. The van der Waals surface area contributed by atoms with E-state index in [1.807, 2.05) is 6.08 Å². The van der Waals surface area contributed by atoms with Crippen LogP contribution in [-0.2, 0) is 0 Å². The highest BCUT2D eigenvalue weighted by molar-refractivity contribution is 8.14. The normalized spacial score (nSPS) is 15.5. The molecular weight excluding hydrogens is 240 g/mol. The van der Waals surface area contributed by atoms with Crippen molar-refractivity contribution in [3.05, 3.63) is 41.5 Å². The minimum Gasteiger partial charge on any atom is -0.246 e. The van der Waals surface area contributed by atoms with Gasteiger partial charge in [-0.1, -0.05) is 13.3 Å². The van der Waals surface area contributed by atoms with E-state index in [-0.39, 0.29) is 0 Å². The quantitative estimate of drug-likeness (QED) is 0.784. The lowest BCUT2D eigenvalue weighted by Gasteiger charge is -2.12. The topological polar surface area (TPSA) is 12.4 Å². The third-order valence-electron chi connectivity index (χ3n) is 2.44. The summed E-state index contributed by atoms with van der Waals surface area (Å²) in [5.74, 6) is -0.317. The third kappa shape index (κ3) is 2.94. The zero-order chi connectivity index (χ0) is 12.3. The number of hydrogen-bond acceptors (Lipinski definition) is 2. The van der Waals surface area contributed by atoms with E-state index >= 15 is 0 Å². The van der Waals surface area contributed by atoms with Gasteiger partial charge in [-0.05, 0) is 24.6 Å². The molecule has 0 saturated carbocycles. The van der Waals surface area contributed by atoms with Crippen molar-refractivity contribution in [2.75, 3.05) is 5.75 Å². The van der Waals surface area contributed by atoms with E-state index in [0.717, 1.165) is 29.7 Å². The monoisotopic (exact) mass is 253 g/mol. The van der Waals surface area contributed by atoms with Crippen LogP contribution in [0.15, 0.2) is 29.3 Å². The molecule has 0 spiro atoms. The van der Waals surface area contributed by atoms with Crippen molar-refractivity contribution in [3.8, 4) is 0 Å². The zero-order valence-corrected chi connectivity index (χ0v) is 10.4. The van der Waals surface area contributed by atoms with Crippen molar-refractivity contribution in [3.63, 3.8) is 0 Å². The minimum absolute atomic E-state index is 0.375. The van der Waals surface area contributed by atoms with Crippen molar-refractivity contribution in [2.45, 2.75) is 19.8 Å². The van der Waals surface area contributed by atoms with Crippen LogP contribution in [0.25, 0.3) is 5.70 Å². The van der Waals surface area contributed by atoms with Crippen molar-refractivity contribution in [1.82, 2.24) is 0 Å². The second-order valence-electron chi connectivity index (χ2n) is 3.78. The number of nitrogens with zero attached hydrogens (tertiary/aromatic N) is 1. The average Bonchev–Trinajstić information content (AvgIpc) is 2.29. The summed E-state index contributed by atoms with van der Waals surface area (Å²) in [5.41, 5.74) is 0.991. The first-order valence-corrected chi connectivity index (χ1v) is 6.55. The summed E-state index contributed by atoms with van der Waals surface area (Å²) in [7, 11) is 0. The molecule has 0 amide bonds. The Balaban J connectivity index is 2.30. The predicted octanol–water partition coefficient (Wildman–Crippen LogP) is 4.25. The highest BCUT2D eigenvalue weighted by Gasteiger charge is 2.13. The molecule has 0 N–H and O–H groups in total. The van der Waals surface area contributed by atoms with Gasteiger partial charge in [0.05, 0.1) is 10.7 Å². The van der Waals surface area contributed by atoms with Gasteiger partial charge in [-0.25, -0.2) is 13.8 Å². The summed E-state index contributed by atoms with van der Waals surface area (Å²) >= 11 is 1.67. The molecule has 0 aromatic heterocycles. The van der Waals surface area contributed by atoms with Crippen LogP contribution in [0.2, 0.25) is 0 Å². The first kappa shape index (κ1) is 12.3. The van der Waals surface area contributed by atoms with E-state index in [2.05, 4.69) is 11.9 Å². The van der Waals surface area contributed by atoms with E-state index in [9.17, 15) is 8.78 Å². The summed E-state index contributed by atoms with van der Waals surface area (Å²) in [5, 5.41) is 1.02. The van der Waals surface area contributed by atoms with Gasteiger partial charge in [0.1, 0.15) is 11.6 Å². The van der Waals surface area contributed by atoms with Gasteiger partial charge in [0.25, 0.3) is 0 Å². The first-order valence-electron chi connectivity index (χ1n) is 5.56. The number of hydrogen-bond donors (Lipinski definition) is 0. The molecule has 17 heavy (non-hydrogen) atoms. The number of thioether (sulfide) groups is 1. The van der Waals surface area contributed by atoms with Gasteiger partial charge < -0.3 is 0 Å². The number of rotatable bonds is 3. The fraction of sp³-hybridized carbons (Fsp3) is 0.308. The largest absolute Gasteiger partial charge is 0.246 e. The van der Waals surface area contributed by atoms with E-state index in [1.54, 1.807) is 11.8 Å². The molecule has 0 bridgehead atoms. The van der Waals surface area contributed by atoms with E-state index < -0.39 is 11.6 Å². The number of aliphatic imine (C=N–C) groups is 1. The maximum absolute atomic E-state index is 13.6. The molecule has 1 aromatic carbocycles. The van der Waals surface area contributed by atoms with Crippen molar-refractivity contribution >= 4 is 22.5 Å². The second kappa shape index (κ2) is 5.45. The van der Waals surface area contributed by atoms with Gasteiger partial charge in [0.2, 0.25) is 0 Å². The number of benzene rings is 1. The molecule has 2 rings (SSSR count). The van der Waals surface area contributed by atoms with Gasteiger partial charge in [-0.2, -0.15) is 0 Å². The van der Waals surface area contributed by atoms with Crippen molar-refractivity contribution < 1.29 is 8.78 Å². The van der Waals surface area contributed by atoms with Crippen molar-refractivity contribution in [1.29, 1.82) is 0 Å². The van der Waals surface area contributed by atoms with Crippen LogP contribution in [0.1, 0.15) is 25.3 Å². The molecule has 0 aliphatic carbocycles. The summed E-state index contributed by atoms with van der Waals surface area (Å²) in [6.45, 7) is 2.08. The van der Waals surface area contributed by atoms with E-state index in [4.69, 9.17) is 0 Å². The molecule has 90 valence electrons. The Morgan fingerprint density at radius 3 is 2.88 bits per heavy atom. The molecule has 0 fully saturated rings. The molecule has 0 atom stereocenters. The lowest BCUT2D eigenvalue weighted by atomic mass is 10.1. The van der Waals surface area contributed by atoms with Gasteiger partial charge in [-0.15, -0.1) is 11.8 Å². The zero-order valence-electron chi connectivity index (χ0n) is 9.54. The van der Waals surface area contributed by atoms with Crippen LogP contribution in [0, 0.1) is 11.6 Å². The molecule has 1 heterocycles. The lowest BCUT2D eigenvalue weighted by molar-refractivity contribution is 0.581. The SMILES string of the molecule is CCCC1=NC(c2ccc(F)cc2F)=CCS1. The summed E-state index contributed by atoms with van der Waals surface area (Å²) < 4.78 is 26.4. The molecular formula is C13H13F2NS. The Bertz CT molecular complexity index is 480. The Morgan fingerprint density at radius 1 is 1.35 bits per heavy atom. The van der Waals surface area contributed by atoms with Crippen LogP contribution in [0.3, 0.4) is 0 Å². The van der Waals surface area contributed by atoms with Crippen LogP contribution >= 0.6 is 11.8 Å². The van der Waals surface area contributed by atoms with Crippen molar-refractivity contribution in [2.24, 2.45) is 4.99 Å². The highest BCUT2D eigenvalue weighted by Crippen LogP contribution is 2.27. The van der Waals surface area contributed by atoms with Crippen LogP contribution in [-0.4, -0.2) is 10.8 Å². The summed E-state index contributed by atoms with van der Waals surface area (Å²) in [4.78, 5) is 4.41. The maximum Gasteiger partial charge on any atom is 0.135 e. The van der Waals surface area contributed by atoms with E-state index in [0.29, 0.717) is 11.3 Å². The molecule has 0 saturated heterocycles. The second-order valence-corrected chi connectivity index (χ2v) is 4.87. The molecule has 1 aliphatic heterocycles. The Hall–Kier alpha value is -1.16. The van der Waals surface area contributed by atoms with Gasteiger partial charge in [0.15, 0.2) is 0 Å². The molecule has 1 aromatic rings.